The van der Waals surface area contributed by atoms with E-state index in [2.05, 4.69) is 20.1 Å². The van der Waals surface area contributed by atoms with Crippen LogP contribution in [0.4, 0.5) is 0 Å². The molecule has 19 heavy (non-hydrogen) atoms. The molecule has 1 N–H and O–H groups in total. The number of ether oxygens (including phenoxy) is 2. The van der Waals surface area contributed by atoms with E-state index < -0.39 is 0 Å². The Morgan fingerprint density at radius 1 is 1.47 bits per heavy atom. The number of esters is 1. The highest BCUT2D eigenvalue weighted by molar-refractivity contribution is 5.77. The summed E-state index contributed by atoms with van der Waals surface area (Å²) in [6.45, 7) is 4.52. The highest BCUT2D eigenvalue weighted by atomic mass is 16.5. The molecule has 2 fully saturated rings. The Hall–Kier alpha value is -1.47. The molecule has 7 nitrogen and oxygen atoms in total. The number of carbonyl (C=O) groups excluding carboxylic acids is 1. The molecule has 7 heteroatoms. The van der Waals surface area contributed by atoms with E-state index in [-0.39, 0.29) is 18.1 Å². The molecule has 0 radical (unpaired) electrons. The van der Waals surface area contributed by atoms with Crippen LogP contribution >= 0.6 is 0 Å². The fourth-order valence-electron chi connectivity index (χ4n) is 2.54. The standard InChI is InChI=1S/C12H18N4O3/c1-2-10-13-11(15-14-10)9-7-16(4-6-18-9)8-3-5-19-12(8)17/h8-9H,2-7H2,1H3,(H,13,14,15)/t8-,9+/m1/s1. The van der Waals surface area contributed by atoms with Gasteiger partial charge in [0, 0.05) is 25.9 Å². The third-order valence-electron chi connectivity index (χ3n) is 3.62. The molecular weight excluding hydrogens is 248 g/mol. The first-order chi connectivity index (χ1) is 9.28. The minimum absolute atomic E-state index is 0.120. The van der Waals surface area contributed by atoms with Crippen LogP contribution in [0.2, 0.25) is 0 Å². The Morgan fingerprint density at radius 2 is 2.37 bits per heavy atom. The number of aromatic nitrogens is 3. The van der Waals surface area contributed by atoms with E-state index in [4.69, 9.17) is 9.47 Å². The number of H-pyrrole nitrogens is 1. The molecule has 1 aromatic rings. The van der Waals surface area contributed by atoms with E-state index in [1.807, 2.05) is 6.92 Å². The van der Waals surface area contributed by atoms with Gasteiger partial charge in [-0.15, -0.1) is 0 Å². The van der Waals surface area contributed by atoms with Gasteiger partial charge in [0.2, 0.25) is 0 Å². The summed E-state index contributed by atoms with van der Waals surface area (Å²) in [7, 11) is 0. The summed E-state index contributed by atoms with van der Waals surface area (Å²) >= 11 is 0. The second kappa shape index (κ2) is 5.26. The van der Waals surface area contributed by atoms with Crippen molar-refractivity contribution >= 4 is 5.97 Å². The smallest absolute Gasteiger partial charge is 0.323 e. The molecule has 104 valence electrons. The Kier molecular flexibility index (Phi) is 3.48. The summed E-state index contributed by atoms with van der Waals surface area (Å²) in [4.78, 5) is 18.1. The first-order valence-corrected chi connectivity index (χ1v) is 6.71. The minimum atomic E-state index is -0.168. The van der Waals surface area contributed by atoms with Gasteiger partial charge in [-0.05, 0) is 0 Å². The normalized spacial score (nSPS) is 28.6. The summed E-state index contributed by atoms with van der Waals surface area (Å²) in [5.41, 5.74) is 0. The van der Waals surface area contributed by atoms with Crippen LogP contribution in [0, 0.1) is 0 Å². The molecule has 2 saturated heterocycles. The predicted octanol–water partition coefficient (Wildman–Crippen LogP) is 0.0559. The van der Waals surface area contributed by atoms with Crippen LogP contribution in [0.15, 0.2) is 0 Å². The quantitative estimate of drug-likeness (QED) is 0.779. The van der Waals surface area contributed by atoms with Crippen molar-refractivity contribution in [3.8, 4) is 0 Å². The molecule has 2 atom stereocenters. The summed E-state index contributed by atoms with van der Waals surface area (Å²) in [5.74, 6) is 1.41. The highest BCUT2D eigenvalue weighted by Crippen LogP contribution is 2.23. The van der Waals surface area contributed by atoms with E-state index in [1.54, 1.807) is 0 Å². The minimum Gasteiger partial charge on any atom is -0.464 e. The lowest BCUT2D eigenvalue weighted by molar-refractivity contribution is -0.144. The van der Waals surface area contributed by atoms with Gasteiger partial charge >= 0.3 is 5.97 Å². The molecule has 0 saturated carbocycles. The van der Waals surface area contributed by atoms with Crippen molar-refractivity contribution in [1.29, 1.82) is 0 Å². The van der Waals surface area contributed by atoms with Crippen molar-refractivity contribution in [2.75, 3.05) is 26.3 Å². The van der Waals surface area contributed by atoms with E-state index in [0.29, 0.717) is 25.6 Å². The second-order valence-corrected chi connectivity index (χ2v) is 4.82. The van der Waals surface area contributed by atoms with Crippen molar-refractivity contribution in [1.82, 2.24) is 20.1 Å². The maximum absolute atomic E-state index is 11.6. The number of hydrogen-bond donors (Lipinski definition) is 1. The number of rotatable bonds is 3. The number of hydrogen-bond acceptors (Lipinski definition) is 6. The Morgan fingerprint density at radius 3 is 3.05 bits per heavy atom. The zero-order valence-electron chi connectivity index (χ0n) is 11.0. The van der Waals surface area contributed by atoms with Gasteiger partial charge in [-0.1, -0.05) is 6.92 Å². The molecule has 0 aliphatic carbocycles. The molecule has 0 bridgehead atoms. The van der Waals surface area contributed by atoms with Gasteiger partial charge in [0.25, 0.3) is 0 Å². The fraction of sp³-hybridized carbons (Fsp3) is 0.750. The van der Waals surface area contributed by atoms with Gasteiger partial charge in [-0.3, -0.25) is 14.8 Å². The zero-order valence-corrected chi connectivity index (χ0v) is 11.0. The lowest BCUT2D eigenvalue weighted by Gasteiger charge is -2.33. The monoisotopic (exact) mass is 266 g/mol. The maximum atomic E-state index is 11.6. The third kappa shape index (κ3) is 2.48. The van der Waals surface area contributed by atoms with Crippen LogP contribution in [0.5, 0.6) is 0 Å². The first-order valence-electron chi connectivity index (χ1n) is 6.71. The molecule has 0 amide bonds. The molecule has 3 rings (SSSR count). The van der Waals surface area contributed by atoms with Gasteiger partial charge in [0.1, 0.15) is 18.0 Å². The Balaban J connectivity index is 1.69. The van der Waals surface area contributed by atoms with E-state index in [9.17, 15) is 4.79 Å². The summed E-state index contributed by atoms with van der Waals surface area (Å²) < 4.78 is 10.7. The zero-order chi connectivity index (χ0) is 13.2. The number of cyclic esters (lactones) is 1. The summed E-state index contributed by atoms with van der Waals surface area (Å²) in [6.07, 6.45) is 1.41. The number of aromatic amines is 1. The summed E-state index contributed by atoms with van der Waals surface area (Å²) in [5, 5.41) is 7.08. The van der Waals surface area contributed by atoms with Crippen molar-refractivity contribution in [2.24, 2.45) is 0 Å². The number of nitrogens with one attached hydrogen (secondary N) is 1. The van der Waals surface area contributed by atoms with Crippen molar-refractivity contribution < 1.29 is 14.3 Å². The third-order valence-corrected chi connectivity index (χ3v) is 3.62. The van der Waals surface area contributed by atoms with E-state index in [0.717, 1.165) is 25.2 Å². The van der Waals surface area contributed by atoms with Gasteiger partial charge < -0.3 is 9.47 Å². The average Bonchev–Trinajstić information content (AvgIpc) is 3.07. The van der Waals surface area contributed by atoms with E-state index in [1.165, 1.54) is 0 Å². The van der Waals surface area contributed by atoms with Crippen LogP contribution in [0.3, 0.4) is 0 Å². The summed E-state index contributed by atoms with van der Waals surface area (Å²) in [6, 6.07) is -0.129. The average molecular weight is 266 g/mol. The Labute approximate surface area is 111 Å². The van der Waals surface area contributed by atoms with Crippen molar-refractivity contribution in [3.63, 3.8) is 0 Å². The molecule has 2 aliphatic rings. The van der Waals surface area contributed by atoms with Crippen LogP contribution < -0.4 is 0 Å². The van der Waals surface area contributed by atoms with Crippen LogP contribution in [0.25, 0.3) is 0 Å². The predicted molar refractivity (Wildman–Crippen MR) is 65.4 cm³/mol. The Bertz CT molecular complexity index is 462. The SMILES string of the molecule is CCc1nc([C@@H]2CN([C@@H]3CCOC3=O)CCO2)n[nH]1. The molecule has 3 heterocycles. The van der Waals surface area contributed by atoms with Crippen LogP contribution in [-0.2, 0) is 20.7 Å². The van der Waals surface area contributed by atoms with Gasteiger partial charge in [-0.2, -0.15) is 5.10 Å². The van der Waals surface area contributed by atoms with Gasteiger partial charge in [-0.25, -0.2) is 4.98 Å². The number of morpholine rings is 1. The van der Waals surface area contributed by atoms with Gasteiger partial charge in [0.15, 0.2) is 5.82 Å². The number of nitrogens with zero attached hydrogens (tertiary/aromatic N) is 3. The van der Waals surface area contributed by atoms with Crippen LogP contribution in [0.1, 0.15) is 31.1 Å². The molecular formula is C12H18N4O3. The van der Waals surface area contributed by atoms with E-state index >= 15 is 0 Å². The molecule has 2 aliphatic heterocycles. The topological polar surface area (TPSA) is 80.3 Å². The lowest BCUT2D eigenvalue weighted by Crippen LogP contribution is -2.46. The highest BCUT2D eigenvalue weighted by Gasteiger charge is 2.36. The number of aryl methyl sites for hydroxylation is 1. The molecule has 0 spiro atoms. The largest absolute Gasteiger partial charge is 0.464 e. The fourth-order valence-corrected chi connectivity index (χ4v) is 2.54. The van der Waals surface area contributed by atoms with Crippen molar-refractivity contribution in [3.05, 3.63) is 11.6 Å². The second-order valence-electron chi connectivity index (χ2n) is 4.82. The van der Waals surface area contributed by atoms with Crippen molar-refractivity contribution in [2.45, 2.75) is 31.9 Å². The molecule has 1 aromatic heterocycles. The number of carbonyl (C=O) groups is 1. The van der Waals surface area contributed by atoms with Crippen LogP contribution in [-0.4, -0.2) is 58.4 Å². The molecule has 0 aromatic carbocycles. The van der Waals surface area contributed by atoms with Gasteiger partial charge in [0.05, 0.1) is 13.2 Å². The molecule has 0 unspecified atom stereocenters. The lowest BCUT2D eigenvalue weighted by atomic mass is 10.1. The maximum Gasteiger partial charge on any atom is 0.323 e. The first kappa shape index (κ1) is 12.6.